The highest BCUT2D eigenvalue weighted by atomic mass is 35.5. The van der Waals surface area contributed by atoms with Gasteiger partial charge in [-0.2, -0.15) is 0 Å². The smallest absolute Gasteiger partial charge is 0.357 e. The number of halogens is 2. The summed E-state index contributed by atoms with van der Waals surface area (Å²) in [7, 11) is -3.41. The number of carbonyl (C=O) groups excluding carboxylic acids is 1. The Labute approximate surface area is 204 Å². The molecule has 2 aromatic carbocycles. The van der Waals surface area contributed by atoms with E-state index in [1.54, 1.807) is 43.3 Å². The lowest BCUT2D eigenvalue weighted by Gasteiger charge is -2.13. The molecule has 12 heteroatoms. The molecule has 0 aliphatic carbocycles. The highest BCUT2D eigenvalue weighted by molar-refractivity contribution is 7.90. The van der Waals surface area contributed by atoms with Crippen LogP contribution in [0.5, 0.6) is 0 Å². The van der Waals surface area contributed by atoms with Gasteiger partial charge in [-0.3, -0.25) is 5.41 Å². The summed E-state index contributed by atoms with van der Waals surface area (Å²) in [6, 6.07) is 13.1. The topological polar surface area (TPSA) is 122 Å². The number of carbonyl (C=O) groups is 1. The molecule has 3 aromatic rings. The molecule has 0 amide bonds. The molecule has 1 aromatic heterocycles. The molecule has 0 spiro atoms. The zero-order chi connectivity index (χ0) is 24.2. The molecule has 3 rings (SSSR count). The van der Waals surface area contributed by atoms with Crippen molar-refractivity contribution < 1.29 is 17.9 Å². The van der Waals surface area contributed by atoms with E-state index in [4.69, 9.17) is 33.3 Å². The number of esters is 1. The van der Waals surface area contributed by atoms with Crippen LogP contribution in [-0.2, 0) is 19.4 Å². The molecule has 33 heavy (non-hydrogen) atoms. The Balaban J connectivity index is 2.08. The number of hydrogen-bond acceptors (Lipinski definition) is 9. The van der Waals surface area contributed by atoms with Crippen LogP contribution in [0.2, 0.25) is 5.02 Å². The Bertz CT molecular complexity index is 1350. The fourth-order valence-electron chi connectivity index (χ4n) is 2.62. The second kappa shape index (κ2) is 10.4. The van der Waals surface area contributed by atoms with Crippen LogP contribution in [-0.4, -0.2) is 43.2 Å². The Kier molecular flexibility index (Phi) is 7.85. The van der Waals surface area contributed by atoms with Gasteiger partial charge in [0.1, 0.15) is 5.01 Å². The molecular formula is C21H18Cl2N4O4S2. The summed E-state index contributed by atoms with van der Waals surface area (Å²) < 4.78 is 28.7. The molecule has 0 aliphatic heterocycles. The summed E-state index contributed by atoms with van der Waals surface area (Å²) in [6.45, 7) is 1.70. The molecule has 172 valence electrons. The maximum Gasteiger partial charge on any atom is 0.357 e. The molecule has 0 unspecified atom stereocenters. The number of nitrogens with zero attached hydrogens (tertiary/aromatic N) is 2. The molecule has 0 fully saturated rings. The minimum absolute atomic E-state index is 0.0816. The van der Waals surface area contributed by atoms with Crippen LogP contribution in [0.1, 0.15) is 11.9 Å². The van der Waals surface area contributed by atoms with Crippen molar-refractivity contribution in [3.63, 3.8) is 0 Å². The molecular weight excluding hydrogens is 507 g/mol. The third kappa shape index (κ3) is 5.97. The van der Waals surface area contributed by atoms with Crippen molar-refractivity contribution >= 4 is 67.4 Å². The molecule has 0 atom stereocenters. The van der Waals surface area contributed by atoms with Gasteiger partial charge in [-0.05, 0) is 31.2 Å². The van der Waals surface area contributed by atoms with Crippen LogP contribution in [0.4, 0.5) is 5.69 Å². The molecule has 0 saturated carbocycles. The van der Waals surface area contributed by atoms with Gasteiger partial charge in [-0.1, -0.05) is 58.8 Å². The fourth-order valence-corrected chi connectivity index (χ4v) is 4.58. The Morgan fingerprint density at radius 3 is 2.58 bits per heavy atom. The highest BCUT2D eigenvalue weighted by Crippen LogP contribution is 2.33. The van der Waals surface area contributed by atoms with Gasteiger partial charge in [0.2, 0.25) is 0 Å². The van der Waals surface area contributed by atoms with Crippen molar-refractivity contribution in [1.29, 1.82) is 5.41 Å². The Morgan fingerprint density at radius 2 is 1.91 bits per heavy atom. The molecule has 0 saturated heterocycles. The number of hydrogen-bond donors (Lipinski definition) is 2. The maximum absolute atomic E-state index is 12.1. The maximum atomic E-state index is 12.1. The van der Waals surface area contributed by atoms with Gasteiger partial charge in [0.25, 0.3) is 0 Å². The first kappa shape index (κ1) is 24.8. The van der Waals surface area contributed by atoms with Crippen molar-refractivity contribution in [3.8, 4) is 10.6 Å². The number of para-hydroxylation sites is 1. The summed E-state index contributed by atoms with van der Waals surface area (Å²) in [5.41, 5.74) is 0.574. The van der Waals surface area contributed by atoms with Crippen molar-refractivity contribution in [2.45, 2.75) is 11.8 Å². The highest BCUT2D eigenvalue weighted by Gasteiger charge is 2.23. The van der Waals surface area contributed by atoms with E-state index in [1.807, 2.05) is 0 Å². The first-order valence-corrected chi connectivity index (χ1v) is 12.9. The number of ether oxygens (including phenoxy) is 1. The SMILES string of the molecule is CCOC(=O)C(=N)/C(Cl)=C(\Nc1ccccc1Cl)c1nnc(-c2cccc(S(C)(=O)=O)c2)s1. The van der Waals surface area contributed by atoms with Gasteiger partial charge in [-0.15, -0.1) is 10.2 Å². The van der Waals surface area contributed by atoms with E-state index in [0.717, 1.165) is 17.6 Å². The predicted octanol–water partition coefficient (Wildman–Crippen LogP) is 4.86. The van der Waals surface area contributed by atoms with Crippen LogP contribution < -0.4 is 5.32 Å². The van der Waals surface area contributed by atoms with Gasteiger partial charge in [0, 0.05) is 11.8 Å². The zero-order valence-corrected chi connectivity index (χ0v) is 20.6. The van der Waals surface area contributed by atoms with E-state index < -0.39 is 21.5 Å². The van der Waals surface area contributed by atoms with Crippen LogP contribution in [0, 0.1) is 5.41 Å². The lowest BCUT2D eigenvalue weighted by atomic mass is 10.2. The van der Waals surface area contributed by atoms with Crippen LogP contribution in [0.25, 0.3) is 16.3 Å². The zero-order valence-electron chi connectivity index (χ0n) is 17.4. The second-order valence-corrected chi connectivity index (χ2v) is 10.4. The van der Waals surface area contributed by atoms with Crippen LogP contribution in [0.15, 0.2) is 58.5 Å². The fraction of sp³-hybridized carbons (Fsp3) is 0.143. The summed E-state index contributed by atoms with van der Waals surface area (Å²) in [6.07, 6.45) is 1.12. The summed E-state index contributed by atoms with van der Waals surface area (Å²) in [5, 5.41) is 20.2. The number of aromatic nitrogens is 2. The van der Waals surface area contributed by atoms with Crippen molar-refractivity contribution in [3.05, 3.63) is 63.6 Å². The summed E-state index contributed by atoms with van der Waals surface area (Å²) in [4.78, 5) is 12.2. The van der Waals surface area contributed by atoms with Gasteiger partial charge in [-0.25, -0.2) is 13.2 Å². The van der Waals surface area contributed by atoms with Crippen molar-refractivity contribution in [1.82, 2.24) is 10.2 Å². The van der Waals surface area contributed by atoms with Crippen LogP contribution in [0.3, 0.4) is 0 Å². The van der Waals surface area contributed by atoms with Crippen LogP contribution >= 0.6 is 34.5 Å². The average Bonchev–Trinajstić information content (AvgIpc) is 3.27. The molecule has 0 radical (unpaired) electrons. The van der Waals surface area contributed by atoms with Gasteiger partial charge < -0.3 is 10.1 Å². The first-order valence-electron chi connectivity index (χ1n) is 9.43. The minimum atomic E-state index is -3.41. The van der Waals surface area contributed by atoms with E-state index in [0.29, 0.717) is 21.3 Å². The summed E-state index contributed by atoms with van der Waals surface area (Å²) in [5.74, 6) is -0.897. The monoisotopic (exact) mass is 524 g/mol. The lowest BCUT2D eigenvalue weighted by molar-refractivity contribution is -0.135. The lowest BCUT2D eigenvalue weighted by Crippen LogP contribution is -2.19. The predicted molar refractivity (Wildman–Crippen MR) is 131 cm³/mol. The largest absolute Gasteiger partial charge is 0.461 e. The van der Waals surface area contributed by atoms with Gasteiger partial charge in [0.05, 0.1) is 32.9 Å². The first-order chi connectivity index (χ1) is 15.6. The third-order valence-corrected chi connectivity index (χ3v) is 7.01. The van der Waals surface area contributed by atoms with Crippen molar-refractivity contribution in [2.24, 2.45) is 0 Å². The van der Waals surface area contributed by atoms with Crippen molar-refractivity contribution in [2.75, 3.05) is 18.2 Å². The quantitative estimate of drug-likeness (QED) is 0.318. The molecule has 0 bridgehead atoms. The number of sulfone groups is 1. The number of anilines is 1. The summed E-state index contributed by atoms with van der Waals surface area (Å²) >= 11 is 13.8. The van der Waals surface area contributed by atoms with E-state index in [2.05, 4.69) is 15.5 Å². The van der Waals surface area contributed by atoms with E-state index >= 15 is 0 Å². The molecule has 0 aliphatic rings. The van der Waals surface area contributed by atoms with Gasteiger partial charge >= 0.3 is 5.97 Å². The number of benzene rings is 2. The number of nitrogens with one attached hydrogen (secondary N) is 2. The molecule has 1 heterocycles. The molecule has 2 N–H and O–H groups in total. The number of rotatable bonds is 8. The van der Waals surface area contributed by atoms with E-state index in [9.17, 15) is 13.2 Å². The van der Waals surface area contributed by atoms with Gasteiger partial charge in [0.15, 0.2) is 20.6 Å². The Morgan fingerprint density at radius 1 is 1.18 bits per heavy atom. The minimum Gasteiger partial charge on any atom is -0.461 e. The van der Waals surface area contributed by atoms with E-state index in [1.165, 1.54) is 12.1 Å². The standard InChI is InChI=1S/C21H18Cl2N4O4S2/c1-3-31-21(28)17(24)16(23)18(25-15-10-5-4-9-14(15)22)20-27-26-19(32-20)12-7-6-8-13(11-12)33(2,29)30/h4-11,24-25H,3H2,1-2H3/b18-16+,24-17?. The second-order valence-electron chi connectivity index (χ2n) is 6.60. The average molecular weight is 525 g/mol. The third-order valence-electron chi connectivity index (χ3n) is 4.20. The Hall–Kier alpha value is -2.79. The molecule has 8 nitrogen and oxygen atoms in total. The van der Waals surface area contributed by atoms with E-state index in [-0.39, 0.29) is 27.2 Å². The normalized spacial score (nSPS) is 12.1.